The summed E-state index contributed by atoms with van der Waals surface area (Å²) in [6.07, 6.45) is 1.63. The summed E-state index contributed by atoms with van der Waals surface area (Å²) in [6, 6.07) is 8.05. The van der Waals surface area contributed by atoms with Crippen LogP contribution in [-0.2, 0) is 6.42 Å². The molecule has 2 nitrogen and oxygen atoms in total. The van der Waals surface area contributed by atoms with Crippen LogP contribution in [0.2, 0.25) is 0 Å². The molecule has 1 N–H and O–H groups in total. The zero-order valence-electron chi connectivity index (χ0n) is 9.90. The van der Waals surface area contributed by atoms with Crippen molar-refractivity contribution >= 4 is 15.9 Å². The van der Waals surface area contributed by atoms with Gasteiger partial charge in [0.25, 0.3) is 0 Å². The zero-order valence-corrected chi connectivity index (χ0v) is 11.5. The molecule has 0 aliphatic heterocycles. The van der Waals surface area contributed by atoms with Gasteiger partial charge in [-0.3, -0.25) is 0 Å². The van der Waals surface area contributed by atoms with E-state index in [0.29, 0.717) is 11.1 Å². The summed E-state index contributed by atoms with van der Waals surface area (Å²) in [4.78, 5) is 0. The van der Waals surface area contributed by atoms with Gasteiger partial charge in [-0.1, -0.05) is 18.2 Å². The molecule has 3 heteroatoms. The fourth-order valence-electron chi connectivity index (χ4n) is 1.81. The van der Waals surface area contributed by atoms with Crippen molar-refractivity contribution in [2.24, 2.45) is 0 Å². The average Bonchev–Trinajstić information content (AvgIpc) is 2.70. The Morgan fingerprint density at radius 3 is 2.59 bits per heavy atom. The summed E-state index contributed by atoms with van der Waals surface area (Å²) in [6.45, 7) is 4.17. The van der Waals surface area contributed by atoms with Crippen molar-refractivity contribution in [3.05, 3.63) is 57.5 Å². The minimum Gasteiger partial charge on any atom is -0.457 e. The van der Waals surface area contributed by atoms with Crippen LogP contribution in [0, 0.1) is 13.8 Å². The maximum Gasteiger partial charge on any atom is 0.174 e. The zero-order chi connectivity index (χ0) is 12.4. The van der Waals surface area contributed by atoms with Gasteiger partial charge in [0, 0.05) is 12.0 Å². The van der Waals surface area contributed by atoms with Crippen molar-refractivity contribution in [1.29, 1.82) is 0 Å². The van der Waals surface area contributed by atoms with Crippen LogP contribution in [-0.4, -0.2) is 5.11 Å². The monoisotopic (exact) mass is 294 g/mol. The van der Waals surface area contributed by atoms with Gasteiger partial charge in [0.15, 0.2) is 4.67 Å². The SMILES string of the molecule is Cc1ccc(CC(O)c2ccoc2Br)cc1C. The fourth-order valence-corrected chi connectivity index (χ4v) is 2.31. The first-order chi connectivity index (χ1) is 8.08. The molecule has 90 valence electrons. The number of aryl methyl sites for hydroxylation is 2. The first-order valence-electron chi connectivity index (χ1n) is 5.55. The van der Waals surface area contributed by atoms with Crippen LogP contribution in [0.3, 0.4) is 0 Å². The summed E-state index contributed by atoms with van der Waals surface area (Å²) in [5.41, 5.74) is 4.45. The third-order valence-corrected chi connectivity index (χ3v) is 3.65. The van der Waals surface area contributed by atoms with E-state index in [0.717, 1.165) is 11.1 Å². The Bertz CT molecular complexity index is 517. The molecule has 2 aromatic rings. The van der Waals surface area contributed by atoms with Gasteiger partial charge in [-0.05, 0) is 52.5 Å². The third kappa shape index (κ3) is 2.79. The standard InChI is InChI=1S/C14H15BrO2/c1-9-3-4-11(7-10(9)2)8-13(16)12-5-6-17-14(12)15/h3-7,13,16H,8H2,1-2H3. The maximum absolute atomic E-state index is 10.1. The van der Waals surface area contributed by atoms with Crippen LogP contribution in [0.15, 0.2) is 39.6 Å². The van der Waals surface area contributed by atoms with Gasteiger partial charge in [-0.2, -0.15) is 0 Å². The number of aliphatic hydroxyl groups is 1. The molecule has 1 aromatic carbocycles. The minimum absolute atomic E-state index is 0.537. The first kappa shape index (κ1) is 12.4. The van der Waals surface area contributed by atoms with Crippen molar-refractivity contribution in [1.82, 2.24) is 0 Å². The predicted molar refractivity (Wildman–Crippen MR) is 71.0 cm³/mol. The molecule has 1 heterocycles. The molecule has 0 aliphatic carbocycles. The Kier molecular flexibility index (Phi) is 3.69. The molecule has 0 bridgehead atoms. The molecule has 0 saturated heterocycles. The molecular formula is C14H15BrO2. The molecule has 17 heavy (non-hydrogen) atoms. The van der Waals surface area contributed by atoms with Gasteiger partial charge in [0.2, 0.25) is 0 Å². The van der Waals surface area contributed by atoms with Crippen LogP contribution in [0.25, 0.3) is 0 Å². The molecule has 1 atom stereocenters. The molecule has 0 aliphatic rings. The van der Waals surface area contributed by atoms with E-state index in [1.54, 1.807) is 12.3 Å². The Balaban J connectivity index is 2.16. The Labute approximate surface area is 109 Å². The number of hydrogen-bond donors (Lipinski definition) is 1. The lowest BCUT2D eigenvalue weighted by Gasteiger charge is -2.10. The van der Waals surface area contributed by atoms with E-state index in [4.69, 9.17) is 4.42 Å². The van der Waals surface area contributed by atoms with E-state index >= 15 is 0 Å². The van der Waals surface area contributed by atoms with Gasteiger partial charge in [-0.15, -0.1) is 0 Å². The number of halogens is 1. The number of rotatable bonds is 3. The topological polar surface area (TPSA) is 33.4 Å². The lowest BCUT2D eigenvalue weighted by Crippen LogP contribution is -2.01. The van der Waals surface area contributed by atoms with Gasteiger partial charge in [-0.25, -0.2) is 0 Å². The molecule has 0 saturated carbocycles. The second-order valence-corrected chi connectivity index (χ2v) is 5.01. The van der Waals surface area contributed by atoms with Crippen molar-refractivity contribution in [3.63, 3.8) is 0 Å². The number of aliphatic hydroxyl groups excluding tert-OH is 1. The van der Waals surface area contributed by atoms with Crippen LogP contribution < -0.4 is 0 Å². The summed E-state index contributed by atoms with van der Waals surface area (Å²) in [5, 5.41) is 10.1. The molecule has 0 spiro atoms. The van der Waals surface area contributed by atoms with Crippen molar-refractivity contribution < 1.29 is 9.52 Å². The van der Waals surface area contributed by atoms with E-state index in [1.807, 2.05) is 0 Å². The van der Waals surface area contributed by atoms with E-state index in [2.05, 4.69) is 48.0 Å². The van der Waals surface area contributed by atoms with E-state index in [-0.39, 0.29) is 0 Å². The molecule has 0 radical (unpaired) electrons. The normalized spacial score (nSPS) is 12.7. The second kappa shape index (κ2) is 5.07. The van der Waals surface area contributed by atoms with Crippen molar-refractivity contribution in [2.45, 2.75) is 26.4 Å². The van der Waals surface area contributed by atoms with Gasteiger partial charge >= 0.3 is 0 Å². The van der Waals surface area contributed by atoms with E-state index in [9.17, 15) is 5.11 Å². The van der Waals surface area contributed by atoms with E-state index < -0.39 is 6.10 Å². The largest absolute Gasteiger partial charge is 0.457 e. The second-order valence-electron chi connectivity index (χ2n) is 4.29. The summed E-state index contributed by atoms with van der Waals surface area (Å²) in [7, 11) is 0. The highest BCUT2D eigenvalue weighted by Gasteiger charge is 2.14. The quantitative estimate of drug-likeness (QED) is 0.930. The van der Waals surface area contributed by atoms with Crippen LogP contribution in [0.4, 0.5) is 0 Å². The third-order valence-electron chi connectivity index (χ3n) is 3.01. The number of benzene rings is 1. The Hall–Kier alpha value is -1.06. The van der Waals surface area contributed by atoms with Gasteiger partial charge in [0.05, 0.1) is 12.4 Å². The van der Waals surface area contributed by atoms with Crippen LogP contribution in [0.5, 0.6) is 0 Å². The van der Waals surface area contributed by atoms with Crippen molar-refractivity contribution in [2.75, 3.05) is 0 Å². The molecule has 0 fully saturated rings. The summed E-state index contributed by atoms with van der Waals surface area (Å²) >= 11 is 3.28. The summed E-state index contributed by atoms with van der Waals surface area (Å²) in [5.74, 6) is 0. The highest BCUT2D eigenvalue weighted by Crippen LogP contribution is 2.27. The predicted octanol–water partition coefficient (Wildman–Crippen LogP) is 3.94. The van der Waals surface area contributed by atoms with Crippen LogP contribution >= 0.6 is 15.9 Å². The smallest absolute Gasteiger partial charge is 0.174 e. The Morgan fingerprint density at radius 2 is 2.00 bits per heavy atom. The molecular weight excluding hydrogens is 280 g/mol. The lowest BCUT2D eigenvalue weighted by molar-refractivity contribution is 0.176. The molecule has 0 amide bonds. The lowest BCUT2D eigenvalue weighted by atomic mass is 10.00. The highest BCUT2D eigenvalue weighted by molar-refractivity contribution is 9.10. The van der Waals surface area contributed by atoms with E-state index in [1.165, 1.54) is 11.1 Å². The van der Waals surface area contributed by atoms with Crippen molar-refractivity contribution in [3.8, 4) is 0 Å². The highest BCUT2D eigenvalue weighted by atomic mass is 79.9. The average molecular weight is 295 g/mol. The van der Waals surface area contributed by atoms with Gasteiger partial charge < -0.3 is 9.52 Å². The maximum atomic E-state index is 10.1. The molecule has 1 unspecified atom stereocenters. The fraction of sp³-hybridized carbons (Fsp3) is 0.286. The molecule has 2 rings (SSSR count). The van der Waals surface area contributed by atoms with Gasteiger partial charge in [0.1, 0.15) is 0 Å². The first-order valence-corrected chi connectivity index (χ1v) is 6.34. The molecule has 1 aromatic heterocycles. The Morgan fingerprint density at radius 1 is 1.24 bits per heavy atom. The number of hydrogen-bond acceptors (Lipinski definition) is 2. The minimum atomic E-state index is -0.537. The summed E-state index contributed by atoms with van der Waals surface area (Å²) < 4.78 is 5.73. The van der Waals surface area contributed by atoms with Crippen LogP contribution in [0.1, 0.15) is 28.4 Å². The number of furan rings is 1.